The number of nitrogens with zero attached hydrogens (tertiary/aromatic N) is 2. The van der Waals surface area contributed by atoms with Crippen LogP contribution in [0.1, 0.15) is 30.4 Å². The van der Waals surface area contributed by atoms with Crippen LogP contribution in [0.15, 0.2) is 18.2 Å². The van der Waals surface area contributed by atoms with Crippen molar-refractivity contribution < 1.29 is 9.59 Å². The van der Waals surface area contributed by atoms with Crippen LogP contribution in [0.4, 0.5) is 5.69 Å². The lowest BCUT2D eigenvalue weighted by molar-refractivity contribution is -0.129. The maximum atomic E-state index is 12.2. The van der Waals surface area contributed by atoms with E-state index in [2.05, 4.69) is 6.07 Å². The van der Waals surface area contributed by atoms with Gasteiger partial charge in [0.15, 0.2) is 0 Å². The first-order chi connectivity index (χ1) is 9.65. The molecule has 3 rings (SSSR count). The normalized spacial score (nSPS) is 18.4. The Kier molecular flexibility index (Phi) is 3.47. The minimum atomic E-state index is 0.165. The zero-order valence-electron chi connectivity index (χ0n) is 11.9. The van der Waals surface area contributed by atoms with Crippen LogP contribution in [-0.2, 0) is 22.4 Å². The van der Waals surface area contributed by atoms with Crippen molar-refractivity contribution in [3.05, 3.63) is 29.3 Å². The summed E-state index contributed by atoms with van der Waals surface area (Å²) in [5.74, 6) is 0.390. The van der Waals surface area contributed by atoms with E-state index in [1.807, 2.05) is 24.1 Å². The first-order valence-corrected chi connectivity index (χ1v) is 7.31. The molecule has 20 heavy (non-hydrogen) atoms. The molecule has 1 aromatic carbocycles. The number of benzene rings is 1. The van der Waals surface area contributed by atoms with Gasteiger partial charge in [0.25, 0.3) is 0 Å². The molecule has 2 amide bonds. The first-order valence-electron chi connectivity index (χ1n) is 7.31. The molecule has 4 nitrogen and oxygen atoms in total. The van der Waals surface area contributed by atoms with Gasteiger partial charge in [0.1, 0.15) is 0 Å². The molecule has 1 saturated heterocycles. The van der Waals surface area contributed by atoms with E-state index in [0.717, 1.165) is 43.6 Å². The number of aryl methyl sites for hydroxylation is 1. The summed E-state index contributed by atoms with van der Waals surface area (Å²) in [6.45, 7) is 1.81. The van der Waals surface area contributed by atoms with Crippen molar-refractivity contribution in [1.29, 1.82) is 0 Å². The van der Waals surface area contributed by atoms with Crippen LogP contribution in [0.25, 0.3) is 0 Å². The SMILES string of the molecule is CN1C(=O)CCc2cc(CC(=O)N3CCCC3)ccc21. The molecule has 0 aliphatic carbocycles. The van der Waals surface area contributed by atoms with E-state index in [9.17, 15) is 9.59 Å². The fraction of sp³-hybridized carbons (Fsp3) is 0.500. The molecule has 0 N–H and O–H groups in total. The van der Waals surface area contributed by atoms with Crippen molar-refractivity contribution in [3.8, 4) is 0 Å². The highest BCUT2D eigenvalue weighted by Crippen LogP contribution is 2.27. The molecule has 2 heterocycles. The van der Waals surface area contributed by atoms with E-state index < -0.39 is 0 Å². The third-order valence-corrected chi connectivity index (χ3v) is 4.30. The van der Waals surface area contributed by atoms with E-state index in [1.165, 1.54) is 5.56 Å². The predicted octanol–water partition coefficient (Wildman–Crippen LogP) is 1.76. The number of rotatable bonds is 2. The Morgan fingerprint density at radius 2 is 1.95 bits per heavy atom. The lowest BCUT2D eigenvalue weighted by atomic mass is 9.98. The van der Waals surface area contributed by atoms with Gasteiger partial charge in [-0.3, -0.25) is 9.59 Å². The van der Waals surface area contributed by atoms with Gasteiger partial charge in [-0.05, 0) is 36.5 Å². The van der Waals surface area contributed by atoms with E-state index in [0.29, 0.717) is 12.8 Å². The molecule has 0 atom stereocenters. The van der Waals surface area contributed by atoms with Crippen LogP contribution in [0.2, 0.25) is 0 Å². The highest BCUT2D eigenvalue weighted by molar-refractivity contribution is 5.96. The maximum absolute atomic E-state index is 12.2. The number of carbonyl (C=O) groups is 2. The molecule has 0 saturated carbocycles. The number of hydrogen-bond donors (Lipinski definition) is 0. The molecule has 0 unspecified atom stereocenters. The van der Waals surface area contributed by atoms with Gasteiger partial charge in [-0.1, -0.05) is 12.1 Å². The van der Waals surface area contributed by atoms with Gasteiger partial charge in [0.2, 0.25) is 11.8 Å². The first kappa shape index (κ1) is 13.2. The molecule has 0 spiro atoms. The summed E-state index contributed by atoms with van der Waals surface area (Å²) in [4.78, 5) is 27.5. The fourth-order valence-corrected chi connectivity index (χ4v) is 3.07. The predicted molar refractivity (Wildman–Crippen MR) is 77.7 cm³/mol. The van der Waals surface area contributed by atoms with Gasteiger partial charge in [0.05, 0.1) is 6.42 Å². The van der Waals surface area contributed by atoms with Gasteiger partial charge < -0.3 is 9.80 Å². The molecule has 2 aliphatic heterocycles. The van der Waals surface area contributed by atoms with Crippen molar-refractivity contribution in [3.63, 3.8) is 0 Å². The third kappa shape index (κ3) is 2.42. The van der Waals surface area contributed by atoms with Crippen LogP contribution in [0, 0.1) is 0 Å². The van der Waals surface area contributed by atoms with Gasteiger partial charge in [-0.25, -0.2) is 0 Å². The van der Waals surface area contributed by atoms with Crippen molar-refractivity contribution in [2.45, 2.75) is 32.1 Å². The number of likely N-dealkylation sites (tertiary alicyclic amines) is 1. The summed E-state index contributed by atoms with van der Waals surface area (Å²) in [6, 6.07) is 6.03. The van der Waals surface area contributed by atoms with Crippen LogP contribution in [-0.4, -0.2) is 36.9 Å². The Hall–Kier alpha value is -1.84. The second-order valence-corrected chi connectivity index (χ2v) is 5.68. The largest absolute Gasteiger partial charge is 0.342 e. The van der Waals surface area contributed by atoms with Crippen LogP contribution in [0.3, 0.4) is 0 Å². The van der Waals surface area contributed by atoms with Crippen molar-refractivity contribution in [2.75, 3.05) is 25.0 Å². The second-order valence-electron chi connectivity index (χ2n) is 5.68. The summed E-state index contributed by atoms with van der Waals surface area (Å²) < 4.78 is 0. The Balaban J connectivity index is 1.75. The summed E-state index contributed by atoms with van der Waals surface area (Å²) in [5.41, 5.74) is 3.22. The number of amides is 2. The lowest BCUT2D eigenvalue weighted by Gasteiger charge is -2.26. The molecular formula is C16H20N2O2. The monoisotopic (exact) mass is 272 g/mol. The number of carbonyl (C=O) groups excluding carboxylic acids is 2. The van der Waals surface area contributed by atoms with E-state index in [4.69, 9.17) is 0 Å². The third-order valence-electron chi connectivity index (χ3n) is 4.30. The zero-order valence-corrected chi connectivity index (χ0v) is 11.9. The smallest absolute Gasteiger partial charge is 0.227 e. The van der Waals surface area contributed by atoms with Crippen molar-refractivity contribution in [1.82, 2.24) is 4.90 Å². The number of hydrogen-bond acceptors (Lipinski definition) is 2. The minimum Gasteiger partial charge on any atom is -0.342 e. The summed E-state index contributed by atoms with van der Waals surface area (Å²) in [5, 5.41) is 0. The number of fused-ring (bicyclic) bond motifs is 1. The Labute approximate surface area is 119 Å². The molecule has 2 aliphatic rings. The Bertz CT molecular complexity index is 547. The molecular weight excluding hydrogens is 252 g/mol. The second kappa shape index (κ2) is 5.27. The average Bonchev–Trinajstić information content (AvgIpc) is 2.97. The average molecular weight is 272 g/mol. The standard InChI is InChI=1S/C16H20N2O2/c1-17-14-6-4-12(10-13(14)5-7-15(17)19)11-16(20)18-8-2-3-9-18/h4,6,10H,2-3,5,7-9,11H2,1H3. The Morgan fingerprint density at radius 3 is 2.70 bits per heavy atom. The minimum absolute atomic E-state index is 0.165. The summed E-state index contributed by atoms with van der Waals surface area (Å²) in [6.07, 6.45) is 4.08. The summed E-state index contributed by atoms with van der Waals surface area (Å²) in [7, 11) is 1.81. The van der Waals surface area contributed by atoms with E-state index >= 15 is 0 Å². The van der Waals surface area contributed by atoms with Crippen LogP contribution >= 0.6 is 0 Å². The highest BCUT2D eigenvalue weighted by Gasteiger charge is 2.22. The van der Waals surface area contributed by atoms with E-state index in [-0.39, 0.29) is 11.8 Å². The molecule has 4 heteroatoms. The lowest BCUT2D eigenvalue weighted by Crippen LogP contribution is -2.31. The molecule has 0 bridgehead atoms. The molecule has 1 aromatic rings. The summed E-state index contributed by atoms with van der Waals surface area (Å²) >= 11 is 0. The van der Waals surface area contributed by atoms with Gasteiger partial charge in [0, 0.05) is 32.2 Å². The molecule has 106 valence electrons. The van der Waals surface area contributed by atoms with Gasteiger partial charge in [-0.15, -0.1) is 0 Å². The molecule has 1 fully saturated rings. The molecule has 0 aromatic heterocycles. The fourth-order valence-electron chi connectivity index (χ4n) is 3.07. The van der Waals surface area contributed by atoms with Crippen molar-refractivity contribution in [2.24, 2.45) is 0 Å². The van der Waals surface area contributed by atoms with E-state index in [1.54, 1.807) is 4.90 Å². The van der Waals surface area contributed by atoms with Crippen molar-refractivity contribution >= 4 is 17.5 Å². The van der Waals surface area contributed by atoms with Gasteiger partial charge in [-0.2, -0.15) is 0 Å². The molecule has 0 radical (unpaired) electrons. The van der Waals surface area contributed by atoms with Crippen LogP contribution < -0.4 is 4.90 Å². The topological polar surface area (TPSA) is 40.6 Å². The quantitative estimate of drug-likeness (QED) is 0.823. The van der Waals surface area contributed by atoms with Crippen LogP contribution in [0.5, 0.6) is 0 Å². The maximum Gasteiger partial charge on any atom is 0.227 e. The highest BCUT2D eigenvalue weighted by atomic mass is 16.2. The zero-order chi connectivity index (χ0) is 14.1. The van der Waals surface area contributed by atoms with Gasteiger partial charge >= 0.3 is 0 Å². The Morgan fingerprint density at radius 1 is 1.20 bits per heavy atom. The number of anilines is 1.